The molecule has 3 rings (SSSR count). The van der Waals surface area contributed by atoms with E-state index in [0.29, 0.717) is 0 Å². The minimum absolute atomic E-state index is 0.0503. The lowest BCUT2D eigenvalue weighted by Gasteiger charge is -2.32. The van der Waals surface area contributed by atoms with E-state index < -0.39 is 27.4 Å². The van der Waals surface area contributed by atoms with Crippen LogP contribution in [0.5, 0.6) is 0 Å². The number of anilines is 1. The third-order valence-corrected chi connectivity index (χ3v) is 7.00. The second-order valence-electron chi connectivity index (χ2n) is 7.12. The average Bonchev–Trinajstić information content (AvgIpc) is 3.25. The molecule has 2 aromatic carbocycles. The Labute approximate surface area is 184 Å². The summed E-state index contributed by atoms with van der Waals surface area (Å²) in [6.07, 6.45) is -3.60. The number of alkyl halides is 3. The van der Waals surface area contributed by atoms with E-state index in [1.807, 2.05) is 0 Å². The molecule has 172 valence electrons. The topological polar surface area (TPSA) is 71.8 Å². The summed E-state index contributed by atoms with van der Waals surface area (Å²) in [5.41, 5.74) is -3.94. The molecular formula is C22H23F3N2O4S. The SMILES string of the molecule is COCCn1cccc1[C@@](O)(c1ccc(N(C)S(=O)(=O)c2ccccc2)cc1)C(F)(F)F. The van der Waals surface area contributed by atoms with E-state index in [1.165, 1.54) is 61.3 Å². The quantitative estimate of drug-likeness (QED) is 0.547. The molecule has 0 saturated heterocycles. The second kappa shape index (κ2) is 8.97. The predicted octanol–water partition coefficient (Wildman–Crippen LogP) is 3.76. The number of methoxy groups -OCH3 is 1. The summed E-state index contributed by atoms with van der Waals surface area (Å²) in [5.74, 6) is 0. The van der Waals surface area contributed by atoms with Gasteiger partial charge in [-0.25, -0.2) is 8.42 Å². The molecule has 0 fully saturated rings. The van der Waals surface area contributed by atoms with Gasteiger partial charge in [-0.15, -0.1) is 0 Å². The molecule has 32 heavy (non-hydrogen) atoms. The van der Waals surface area contributed by atoms with Crippen LogP contribution in [-0.4, -0.2) is 45.0 Å². The van der Waals surface area contributed by atoms with Gasteiger partial charge in [-0.05, 0) is 42.0 Å². The fourth-order valence-electron chi connectivity index (χ4n) is 3.39. The monoisotopic (exact) mass is 468 g/mol. The van der Waals surface area contributed by atoms with Crippen LogP contribution in [0.15, 0.2) is 77.8 Å². The van der Waals surface area contributed by atoms with Crippen LogP contribution in [-0.2, 0) is 26.9 Å². The van der Waals surface area contributed by atoms with E-state index in [0.717, 1.165) is 16.4 Å². The van der Waals surface area contributed by atoms with Gasteiger partial charge in [0.15, 0.2) is 0 Å². The van der Waals surface area contributed by atoms with E-state index in [1.54, 1.807) is 18.2 Å². The summed E-state index contributed by atoms with van der Waals surface area (Å²) in [7, 11) is -1.16. The summed E-state index contributed by atoms with van der Waals surface area (Å²) in [4.78, 5) is 0.0503. The number of aromatic nitrogens is 1. The Morgan fingerprint density at radius 2 is 1.62 bits per heavy atom. The van der Waals surface area contributed by atoms with Gasteiger partial charge in [-0.1, -0.05) is 30.3 Å². The first-order valence-corrected chi connectivity index (χ1v) is 11.1. The van der Waals surface area contributed by atoms with Crippen LogP contribution in [0.25, 0.3) is 0 Å². The minimum Gasteiger partial charge on any atom is -0.383 e. The molecule has 0 aliphatic rings. The van der Waals surface area contributed by atoms with Crippen LogP contribution in [0, 0.1) is 0 Å². The maximum absolute atomic E-state index is 14.1. The Hall–Kier alpha value is -2.82. The molecular weight excluding hydrogens is 445 g/mol. The van der Waals surface area contributed by atoms with E-state index in [-0.39, 0.29) is 29.4 Å². The van der Waals surface area contributed by atoms with Gasteiger partial charge in [0.2, 0.25) is 5.60 Å². The summed E-state index contributed by atoms with van der Waals surface area (Å²) >= 11 is 0. The Morgan fingerprint density at radius 3 is 2.19 bits per heavy atom. The van der Waals surface area contributed by atoms with Crippen LogP contribution in [0.3, 0.4) is 0 Å². The van der Waals surface area contributed by atoms with Gasteiger partial charge in [0.25, 0.3) is 10.0 Å². The maximum Gasteiger partial charge on any atom is 0.427 e. The Balaban J connectivity index is 2.01. The fraction of sp³-hybridized carbons (Fsp3) is 0.273. The summed E-state index contributed by atoms with van der Waals surface area (Å²) in [6.45, 7) is 0.282. The zero-order chi connectivity index (χ0) is 23.6. The summed E-state index contributed by atoms with van der Waals surface area (Å²) < 4.78 is 75.1. The van der Waals surface area contributed by atoms with E-state index in [2.05, 4.69) is 0 Å². The standard InChI is InChI=1S/C22H23F3N2O4S/c1-26(32(29,30)19-7-4-3-5-8-19)18-12-10-17(11-13-18)21(28,22(23,24)25)20-9-6-14-27(20)15-16-31-2/h3-14,28H,15-16H2,1-2H3/t21-/m0/s1. The first kappa shape index (κ1) is 23.8. The Bertz CT molecular complexity index is 1150. The van der Waals surface area contributed by atoms with Crippen LogP contribution in [0.4, 0.5) is 18.9 Å². The van der Waals surface area contributed by atoms with Crippen molar-refractivity contribution in [3.05, 3.63) is 84.2 Å². The molecule has 0 aliphatic heterocycles. The summed E-state index contributed by atoms with van der Waals surface area (Å²) in [5, 5.41) is 10.9. The smallest absolute Gasteiger partial charge is 0.383 e. The number of aliphatic hydroxyl groups is 1. The normalized spacial score (nSPS) is 14.2. The maximum atomic E-state index is 14.1. The van der Waals surface area contributed by atoms with E-state index >= 15 is 0 Å². The van der Waals surface area contributed by atoms with E-state index in [4.69, 9.17) is 4.74 Å². The van der Waals surface area contributed by atoms with Gasteiger partial charge in [0, 0.05) is 26.9 Å². The number of hydrogen-bond donors (Lipinski definition) is 1. The lowest BCUT2D eigenvalue weighted by atomic mass is 9.89. The van der Waals surface area contributed by atoms with Gasteiger partial charge in [-0.3, -0.25) is 4.31 Å². The van der Waals surface area contributed by atoms with Gasteiger partial charge >= 0.3 is 6.18 Å². The first-order chi connectivity index (χ1) is 15.0. The van der Waals surface area contributed by atoms with Crippen molar-refractivity contribution in [2.75, 3.05) is 25.1 Å². The van der Waals surface area contributed by atoms with Crippen molar-refractivity contribution >= 4 is 15.7 Å². The fourth-order valence-corrected chi connectivity index (χ4v) is 4.60. The number of nitrogens with zero attached hydrogens (tertiary/aromatic N) is 2. The molecule has 0 unspecified atom stereocenters. The molecule has 0 bridgehead atoms. The first-order valence-electron chi connectivity index (χ1n) is 9.61. The zero-order valence-corrected chi connectivity index (χ0v) is 18.3. The molecule has 0 aliphatic carbocycles. The molecule has 1 heterocycles. The van der Waals surface area contributed by atoms with Crippen molar-refractivity contribution in [1.82, 2.24) is 4.57 Å². The summed E-state index contributed by atoms with van der Waals surface area (Å²) in [6, 6.07) is 14.9. The number of ether oxygens (including phenoxy) is 1. The third-order valence-electron chi connectivity index (χ3n) is 5.20. The Morgan fingerprint density at radius 1 is 1.00 bits per heavy atom. The van der Waals surface area contributed by atoms with Crippen molar-refractivity contribution in [3.63, 3.8) is 0 Å². The molecule has 0 amide bonds. The highest BCUT2D eigenvalue weighted by atomic mass is 32.2. The van der Waals surface area contributed by atoms with Gasteiger partial charge in [-0.2, -0.15) is 13.2 Å². The highest BCUT2D eigenvalue weighted by molar-refractivity contribution is 7.92. The zero-order valence-electron chi connectivity index (χ0n) is 17.5. The molecule has 6 nitrogen and oxygen atoms in total. The Kier molecular flexibility index (Phi) is 6.68. The number of hydrogen-bond acceptors (Lipinski definition) is 4. The van der Waals surface area contributed by atoms with Gasteiger partial charge < -0.3 is 14.4 Å². The van der Waals surface area contributed by atoms with Crippen molar-refractivity contribution in [2.24, 2.45) is 0 Å². The lowest BCUT2D eigenvalue weighted by molar-refractivity contribution is -0.250. The molecule has 0 radical (unpaired) electrons. The average molecular weight is 468 g/mol. The molecule has 0 saturated carbocycles. The predicted molar refractivity (Wildman–Crippen MR) is 114 cm³/mol. The van der Waals surface area contributed by atoms with Gasteiger partial charge in [0.05, 0.1) is 22.9 Å². The van der Waals surface area contributed by atoms with Crippen LogP contribution >= 0.6 is 0 Å². The largest absolute Gasteiger partial charge is 0.427 e. The van der Waals surface area contributed by atoms with Crippen LogP contribution in [0.2, 0.25) is 0 Å². The minimum atomic E-state index is -5.03. The second-order valence-corrected chi connectivity index (χ2v) is 9.09. The molecule has 10 heteroatoms. The number of halogens is 3. The van der Waals surface area contributed by atoms with Crippen molar-refractivity contribution in [2.45, 2.75) is 23.2 Å². The van der Waals surface area contributed by atoms with Crippen molar-refractivity contribution in [3.8, 4) is 0 Å². The molecule has 1 aromatic heterocycles. The number of benzene rings is 2. The van der Waals surface area contributed by atoms with Crippen LogP contribution < -0.4 is 4.31 Å². The number of rotatable bonds is 8. The lowest BCUT2D eigenvalue weighted by Crippen LogP contribution is -2.45. The van der Waals surface area contributed by atoms with Crippen molar-refractivity contribution in [1.29, 1.82) is 0 Å². The van der Waals surface area contributed by atoms with Gasteiger partial charge in [0.1, 0.15) is 0 Å². The number of sulfonamides is 1. The highest BCUT2D eigenvalue weighted by Gasteiger charge is 2.57. The van der Waals surface area contributed by atoms with E-state index in [9.17, 15) is 26.7 Å². The molecule has 1 atom stereocenters. The highest BCUT2D eigenvalue weighted by Crippen LogP contribution is 2.44. The van der Waals surface area contributed by atoms with Crippen molar-refractivity contribution < 1.29 is 31.4 Å². The molecule has 3 aromatic rings. The molecule has 0 spiro atoms. The van der Waals surface area contributed by atoms with Crippen LogP contribution in [0.1, 0.15) is 11.3 Å². The third kappa shape index (κ3) is 4.25. The molecule has 1 N–H and O–H groups in total.